The summed E-state index contributed by atoms with van der Waals surface area (Å²) in [6, 6.07) is 0. The number of hydrogen-bond acceptors (Lipinski definition) is 6. The third kappa shape index (κ3) is 5.03. The molecule has 0 bridgehead atoms. The molecule has 0 spiro atoms. The van der Waals surface area contributed by atoms with E-state index in [4.69, 9.17) is 9.47 Å². The van der Waals surface area contributed by atoms with Gasteiger partial charge in [-0.05, 0) is 118 Å². The molecule has 0 aliphatic heterocycles. The zero-order chi connectivity index (χ0) is 25.5. The monoisotopic (exact) mass is 492 g/mol. The maximum atomic E-state index is 12.3. The van der Waals surface area contributed by atoms with Crippen LogP contribution in [0, 0.1) is 46.3 Å². The molecule has 0 radical (unpaired) electrons. The molecule has 0 aromatic heterocycles. The zero-order valence-electron chi connectivity index (χ0n) is 22.5. The fourth-order valence-electron chi connectivity index (χ4n) is 9.22. The van der Waals surface area contributed by atoms with Gasteiger partial charge in [-0.2, -0.15) is 0 Å². The van der Waals surface area contributed by atoms with E-state index in [1.54, 1.807) is 13.8 Å². The third-order valence-electron chi connectivity index (χ3n) is 11.0. The molecule has 0 heterocycles. The van der Waals surface area contributed by atoms with Crippen molar-refractivity contribution in [3.05, 3.63) is 0 Å². The topological polar surface area (TPSA) is 93.1 Å². The van der Waals surface area contributed by atoms with Crippen molar-refractivity contribution in [2.24, 2.45) is 46.3 Å². The Balaban J connectivity index is 1.37. The SMILES string of the molecule is CC(C)OC(=O)COC(=O)CC[C@@H](C)[C@H]1CC[C@H]2[C@@H]3CC[C@@H]4C[C@H](O)CC[C@]4(C)[C@H]3C[C@H](O)[C@]12C. The lowest BCUT2D eigenvalue weighted by atomic mass is 9.43. The fraction of sp³-hybridized carbons (Fsp3) is 0.931. The molecular weight excluding hydrogens is 444 g/mol. The molecule has 35 heavy (non-hydrogen) atoms. The van der Waals surface area contributed by atoms with Gasteiger partial charge in [0.1, 0.15) is 0 Å². The van der Waals surface area contributed by atoms with Crippen LogP contribution in [0.25, 0.3) is 0 Å². The summed E-state index contributed by atoms with van der Waals surface area (Å²) in [7, 11) is 0. The Bertz CT molecular complexity index is 781. The minimum absolute atomic E-state index is 0.108. The number of rotatable bonds is 7. The molecule has 0 amide bonds. The Labute approximate surface area is 211 Å². The zero-order valence-corrected chi connectivity index (χ0v) is 22.5. The summed E-state index contributed by atoms with van der Waals surface area (Å²) in [5.41, 5.74) is 0.136. The Morgan fingerprint density at radius 3 is 2.40 bits per heavy atom. The van der Waals surface area contributed by atoms with Gasteiger partial charge in [-0.25, -0.2) is 4.79 Å². The Morgan fingerprint density at radius 2 is 1.69 bits per heavy atom. The normalized spacial score (nSPS) is 43.6. The third-order valence-corrected chi connectivity index (χ3v) is 11.0. The maximum absolute atomic E-state index is 12.3. The first-order valence-corrected chi connectivity index (χ1v) is 14.2. The molecule has 10 atom stereocenters. The van der Waals surface area contributed by atoms with Crippen LogP contribution < -0.4 is 0 Å². The second-order valence-electron chi connectivity index (χ2n) is 13.1. The van der Waals surface area contributed by atoms with Gasteiger partial charge in [0.15, 0.2) is 6.61 Å². The Morgan fingerprint density at radius 1 is 0.943 bits per heavy atom. The summed E-state index contributed by atoms with van der Waals surface area (Å²) < 4.78 is 10.2. The smallest absolute Gasteiger partial charge is 0.344 e. The Kier molecular flexibility index (Phi) is 7.93. The van der Waals surface area contributed by atoms with Crippen molar-refractivity contribution in [3.8, 4) is 0 Å². The van der Waals surface area contributed by atoms with Crippen molar-refractivity contribution in [1.82, 2.24) is 0 Å². The van der Waals surface area contributed by atoms with E-state index in [1.165, 1.54) is 19.3 Å². The lowest BCUT2D eigenvalue weighted by Gasteiger charge is -2.62. The molecular formula is C29H48O6. The summed E-state index contributed by atoms with van der Waals surface area (Å²) in [6.45, 7) is 10.2. The van der Waals surface area contributed by atoms with Gasteiger partial charge in [0.25, 0.3) is 0 Å². The highest BCUT2D eigenvalue weighted by Gasteiger charge is 2.63. The first-order chi connectivity index (χ1) is 16.5. The van der Waals surface area contributed by atoms with Gasteiger partial charge in [-0.15, -0.1) is 0 Å². The summed E-state index contributed by atoms with van der Waals surface area (Å²) in [6.07, 6.45) is 8.83. The number of fused-ring (bicyclic) bond motifs is 5. The second kappa shape index (κ2) is 10.3. The maximum Gasteiger partial charge on any atom is 0.344 e. The highest BCUT2D eigenvalue weighted by molar-refractivity contribution is 5.76. The van der Waals surface area contributed by atoms with Crippen LogP contribution in [-0.2, 0) is 19.1 Å². The van der Waals surface area contributed by atoms with Crippen molar-refractivity contribution in [2.75, 3.05) is 6.61 Å². The molecule has 4 aliphatic rings. The van der Waals surface area contributed by atoms with E-state index < -0.39 is 5.97 Å². The highest BCUT2D eigenvalue weighted by Crippen LogP contribution is 2.68. The number of aliphatic hydroxyl groups excluding tert-OH is 2. The molecule has 0 aromatic carbocycles. The lowest BCUT2D eigenvalue weighted by molar-refractivity contribution is -0.175. The molecule has 4 rings (SSSR count). The summed E-state index contributed by atoms with van der Waals surface area (Å²) in [5.74, 6) is 2.17. The molecule has 200 valence electrons. The summed E-state index contributed by atoms with van der Waals surface area (Å²) in [5, 5.41) is 21.9. The summed E-state index contributed by atoms with van der Waals surface area (Å²) in [4.78, 5) is 23.9. The molecule has 4 saturated carbocycles. The average Bonchev–Trinajstić information content (AvgIpc) is 3.15. The van der Waals surface area contributed by atoms with E-state index >= 15 is 0 Å². The van der Waals surface area contributed by atoms with Crippen molar-refractivity contribution in [1.29, 1.82) is 0 Å². The summed E-state index contributed by atoms with van der Waals surface area (Å²) >= 11 is 0. The van der Waals surface area contributed by atoms with Crippen molar-refractivity contribution in [2.45, 2.75) is 117 Å². The molecule has 4 aliphatic carbocycles. The molecule has 4 fully saturated rings. The highest BCUT2D eigenvalue weighted by atomic mass is 16.6. The second-order valence-corrected chi connectivity index (χ2v) is 13.1. The van der Waals surface area contributed by atoms with Crippen LogP contribution in [0.1, 0.15) is 98.8 Å². The van der Waals surface area contributed by atoms with Crippen LogP contribution in [0.2, 0.25) is 0 Å². The van der Waals surface area contributed by atoms with Crippen LogP contribution in [0.3, 0.4) is 0 Å². The molecule has 0 unspecified atom stereocenters. The number of esters is 2. The minimum Gasteiger partial charge on any atom is -0.460 e. The van der Waals surface area contributed by atoms with E-state index in [-0.39, 0.29) is 48.1 Å². The largest absolute Gasteiger partial charge is 0.460 e. The van der Waals surface area contributed by atoms with Gasteiger partial charge in [0.2, 0.25) is 0 Å². The molecule has 6 heteroatoms. The Hall–Kier alpha value is -1.14. The van der Waals surface area contributed by atoms with Crippen LogP contribution >= 0.6 is 0 Å². The first-order valence-electron chi connectivity index (χ1n) is 14.2. The van der Waals surface area contributed by atoms with Crippen LogP contribution in [0.5, 0.6) is 0 Å². The van der Waals surface area contributed by atoms with Gasteiger partial charge < -0.3 is 19.7 Å². The van der Waals surface area contributed by atoms with Gasteiger partial charge in [-0.3, -0.25) is 4.79 Å². The molecule has 2 N–H and O–H groups in total. The molecule has 0 saturated heterocycles. The van der Waals surface area contributed by atoms with Crippen molar-refractivity contribution in [3.63, 3.8) is 0 Å². The lowest BCUT2D eigenvalue weighted by Crippen LogP contribution is -2.58. The number of carbonyl (C=O) groups is 2. The minimum atomic E-state index is -0.511. The van der Waals surface area contributed by atoms with Gasteiger partial charge in [-0.1, -0.05) is 20.8 Å². The predicted octanol–water partition coefficient (Wildman–Crippen LogP) is 4.89. The van der Waals surface area contributed by atoms with E-state index in [0.29, 0.717) is 41.9 Å². The van der Waals surface area contributed by atoms with Gasteiger partial charge in [0, 0.05) is 6.42 Å². The average molecular weight is 493 g/mol. The first kappa shape index (κ1) is 26.9. The standard InChI is InChI=1S/C29H48O6/c1-17(2)35-27(33)16-34-26(32)11-6-18(3)22-9-10-23-21-8-7-19-14-20(30)12-13-28(19,4)24(21)15-25(31)29(22,23)5/h17-25,30-31H,6-16H2,1-5H3/t18-,19-,20-,21+,22-,23+,24+,25+,28+,29-/m1/s1. The van der Waals surface area contributed by atoms with Crippen molar-refractivity contribution >= 4 is 11.9 Å². The number of aliphatic hydroxyl groups is 2. The van der Waals surface area contributed by atoms with E-state index in [0.717, 1.165) is 32.1 Å². The van der Waals surface area contributed by atoms with Crippen LogP contribution in [0.4, 0.5) is 0 Å². The fourth-order valence-corrected chi connectivity index (χ4v) is 9.22. The predicted molar refractivity (Wildman–Crippen MR) is 133 cm³/mol. The molecule has 0 aromatic rings. The number of ether oxygens (including phenoxy) is 2. The quantitative estimate of drug-likeness (QED) is 0.492. The molecule has 6 nitrogen and oxygen atoms in total. The van der Waals surface area contributed by atoms with Crippen LogP contribution in [-0.4, -0.2) is 47.1 Å². The number of carbonyl (C=O) groups excluding carboxylic acids is 2. The van der Waals surface area contributed by atoms with E-state index in [9.17, 15) is 19.8 Å². The number of hydrogen-bond donors (Lipinski definition) is 2. The van der Waals surface area contributed by atoms with E-state index in [1.807, 2.05) is 0 Å². The van der Waals surface area contributed by atoms with E-state index in [2.05, 4.69) is 20.8 Å². The van der Waals surface area contributed by atoms with Gasteiger partial charge >= 0.3 is 11.9 Å². The van der Waals surface area contributed by atoms with Crippen LogP contribution in [0.15, 0.2) is 0 Å². The van der Waals surface area contributed by atoms with Gasteiger partial charge in [0.05, 0.1) is 18.3 Å². The van der Waals surface area contributed by atoms with Crippen molar-refractivity contribution < 1.29 is 29.3 Å².